The molecule has 0 aromatic carbocycles. The summed E-state index contributed by atoms with van der Waals surface area (Å²) in [7, 11) is 0. The number of hydrogen-bond acceptors (Lipinski definition) is 5. The molecule has 0 fully saturated rings. The normalized spacial score (nSPS) is 12.3. The zero-order valence-electron chi connectivity index (χ0n) is 63.3. The maximum Gasteiger partial charge on any atom is 0.305 e. The summed E-state index contributed by atoms with van der Waals surface area (Å²) in [6.07, 6.45) is 104. The molecule has 0 aliphatic rings. The van der Waals surface area contributed by atoms with Crippen molar-refractivity contribution in [3.8, 4) is 0 Å². The first-order valence-electron chi connectivity index (χ1n) is 43.3. The Kier molecular flexibility index (Phi) is 81.3. The number of carbonyl (C=O) groups excluding carboxylic acids is 2. The van der Waals surface area contributed by atoms with Gasteiger partial charge >= 0.3 is 5.97 Å². The van der Waals surface area contributed by atoms with Crippen LogP contribution in [0.1, 0.15) is 515 Å². The number of unbranched alkanes of at least 4 members (excludes halogenated alkanes) is 72. The van der Waals surface area contributed by atoms with E-state index in [9.17, 15) is 19.8 Å². The minimum atomic E-state index is -0.660. The van der Waals surface area contributed by atoms with Crippen molar-refractivity contribution < 1.29 is 24.5 Å². The lowest BCUT2D eigenvalue weighted by Crippen LogP contribution is -2.45. The molecule has 0 aromatic rings. The average molecular weight is 1300 g/mol. The molecule has 3 N–H and O–H groups in total. The van der Waals surface area contributed by atoms with Crippen LogP contribution in [-0.2, 0) is 14.3 Å². The van der Waals surface area contributed by atoms with E-state index in [1.165, 1.54) is 443 Å². The highest BCUT2D eigenvalue weighted by molar-refractivity contribution is 5.76. The van der Waals surface area contributed by atoms with Gasteiger partial charge in [-0.3, -0.25) is 9.59 Å². The number of carbonyl (C=O) groups is 2. The largest absolute Gasteiger partial charge is 0.466 e. The summed E-state index contributed by atoms with van der Waals surface area (Å²) in [4.78, 5) is 24.7. The number of nitrogens with one attached hydrogen (secondary N) is 1. The second-order valence-electron chi connectivity index (χ2n) is 30.2. The van der Waals surface area contributed by atoms with Crippen LogP contribution >= 0.6 is 0 Å². The molecule has 1 amide bonds. The van der Waals surface area contributed by atoms with Crippen LogP contribution in [0.4, 0.5) is 0 Å². The second-order valence-corrected chi connectivity index (χ2v) is 30.2. The van der Waals surface area contributed by atoms with Crippen molar-refractivity contribution in [2.24, 2.45) is 0 Å². The Bertz CT molecular complexity index is 1360. The van der Waals surface area contributed by atoms with E-state index in [1.807, 2.05) is 0 Å². The number of ether oxygens (including phenoxy) is 1. The van der Waals surface area contributed by atoms with E-state index in [0.717, 1.165) is 38.5 Å². The van der Waals surface area contributed by atoms with Crippen molar-refractivity contribution in [2.75, 3.05) is 13.2 Å². The Morgan fingerprint density at radius 3 is 0.663 bits per heavy atom. The highest BCUT2D eigenvalue weighted by Gasteiger charge is 2.20. The summed E-state index contributed by atoms with van der Waals surface area (Å²) in [6.45, 7) is 5.03. The standard InChI is InChI=1S/C86H171NO5/c1-3-5-7-9-11-13-15-17-19-21-46-50-54-58-62-66-70-74-78-84(89)83(82-88)87-85(90)79-75-71-67-63-59-55-51-47-44-42-40-38-36-34-32-30-28-26-24-23-25-27-29-31-33-35-37-39-41-43-45-49-53-57-61-65-69-73-77-81-92-86(91)80-76-72-68-64-60-56-52-48-22-20-18-16-14-12-10-8-6-4-2/h83-84,88-89H,3-82H2,1-2H3,(H,87,90). The van der Waals surface area contributed by atoms with E-state index in [1.54, 1.807) is 0 Å². The van der Waals surface area contributed by atoms with Crippen molar-refractivity contribution >= 4 is 11.9 Å². The minimum absolute atomic E-state index is 0.0232. The third-order valence-corrected chi connectivity index (χ3v) is 20.9. The van der Waals surface area contributed by atoms with Gasteiger partial charge in [0.25, 0.3) is 0 Å². The van der Waals surface area contributed by atoms with Crippen LogP contribution in [0, 0.1) is 0 Å². The second kappa shape index (κ2) is 82.3. The van der Waals surface area contributed by atoms with E-state index in [4.69, 9.17) is 4.74 Å². The molecule has 0 saturated heterocycles. The fourth-order valence-corrected chi connectivity index (χ4v) is 14.4. The van der Waals surface area contributed by atoms with E-state index in [2.05, 4.69) is 19.2 Å². The number of hydrogen-bond donors (Lipinski definition) is 3. The van der Waals surface area contributed by atoms with Gasteiger partial charge in [0.05, 0.1) is 25.4 Å². The average Bonchev–Trinajstić information content (AvgIpc) is 3.61. The number of aliphatic hydroxyl groups excluding tert-OH is 2. The van der Waals surface area contributed by atoms with Crippen molar-refractivity contribution in [2.45, 2.75) is 527 Å². The van der Waals surface area contributed by atoms with Crippen LogP contribution in [-0.4, -0.2) is 47.4 Å². The molecule has 0 aliphatic carbocycles. The molecule has 0 radical (unpaired) electrons. The van der Waals surface area contributed by atoms with Crippen LogP contribution < -0.4 is 5.32 Å². The van der Waals surface area contributed by atoms with Gasteiger partial charge < -0.3 is 20.3 Å². The van der Waals surface area contributed by atoms with E-state index in [-0.39, 0.29) is 18.5 Å². The quantitative estimate of drug-likeness (QED) is 0.0417. The maximum absolute atomic E-state index is 12.6. The number of esters is 1. The van der Waals surface area contributed by atoms with Gasteiger partial charge in [0.2, 0.25) is 5.91 Å². The third-order valence-electron chi connectivity index (χ3n) is 20.9. The Hall–Kier alpha value is -1.14. The summed E-state index contributed by atoms with van der Waals surface area (Å²) in [5.41, 5.74) is 0. The summed E-state index contributed by atoms with van der Waals surface area (Å²) in [6, 6.07) is -0.536. The first-order chi connectivity index (χ1) is 45.5. The van der Waals surface area contributed by atoms with Gasteiger partial charge in [0, 0.05) is 12.8 Å². The van der Waals surface area contributed by atoms with E-state index < -0.39 is 12.1 Å². The van der Waals surface area contributed by atoms with Crippen LogP contribution in [0.15, 0.2) is 0 Å². The van der Waals surface area contributed by atoms with Crippen molar-refractivity contribution in [3.05, 3.63) is 0 Å². The lowest BCUT2D eigenvalue weighted by molar-refractivity contribution is -0.143. The summed E-state index contributed by atoms with van der Waals surface area (Å²) >= 11 is 0. The number of amides is 1. The van der Waals surface area contributed by atoms with E-state index >= 15 is 0 Å². The van der Waals surface area contributed by atoms with Gasteiger partial charge in [-0.15, -0.1) is 0 Å². The predicted octanol–water partition coefficient (Wildman–Crippen LogP) is 28.8. The Balaban J connectivity index is 3.27. The Labute approximate surface area is 578 Å². The van der Waals surface area contributed by atoms with Crippen LogP contribution in [0.5, 0.6) is 0 Å². The molecule has 2 atom stereocenters. The number of aliphatic hydroxyl groups is 2. The molecule has 0 spiro atoms. The highest BCUT2D eigenvalue weighted by Crippen LogP contribution is 2.21. The molecular weight excluding hydrogens is 1130 g/mol. The molecule has 0 aliphatic heterocycles. The molecule has 6 nitrogen and oxygen atoms in total. The molecule has 0 heterocycles. The molecule has 0 rings (SSSR count). The van der Waals surface area contributed by atoms with Crippen molar-refractivity contribution in [1.82, 2.24) is 5.32 Å². The van der Waals surface area contributed by atoms with E-state index in [0.29, 0.717) is 25.9 Å². The van der Waals surface area contributed by atoms with Gasteiger partial charge in [-0.2, -0.15) is 0 Å². The van der Waals surface area contributed by atoms with Gasteiger partial charge in [-0.05, 0) is 25.7 Å². The van der Waals surface area contributed by atoms with Crippen LogP contribution in [0.25, 0.3) is 0 Å². The first-order valence-corrected chi connectivity index (χ1v) is 43.3. The van der Waals surface area contributed by atoms with Gasteiger partial charge in [-0.1, -0.05) is 476 Å². The molecule has 0 bridgehead atoms. The number of rotatable bonds is 83. The molecule has 6 heteroatoms. The monoisotopic (exact) mass is 1300 g/mol. The van der Waals surface area contributed by atoms with Crippen LogP contribution in [0.3, 0.4) is 0 Å². The predicted molar refractivity (Wildman–Crippen MR) is 407 cm³/mol. The first kappa shape index (κ1) is 90.9. The van der Waals surface area contributed by atoms with Crippen LogP contribution in [0.2, 0.25) is 0 Å². The fourth-order valence-electron chi connectivity index (χ4n) is 14.4. The molecule has 550 valence electrons. The Morgan fingerprint density at radius 2 is 0.446 bits per heavy atom. The third kappa shape index (κ3) is 77.9. The lowest BCUT2D eigenvalue weighted by atomic mass is 10.0. The topological polar surface area (TPSA) is 95.9 Å². The van der Waals surface area contributed by atoms with Gasteiger partial charge in [0.1, 0.15) is 0 Å². The zero-order chi connectivity index (χ0) is 66.3. The molecule has 0 aromatic heterocycles. The molecule has 92 heavy (non-hydrogen) atoms. The van der Waals surface area contributed by atoms with Gasteiger partial charge in [0.15, 0.2) is 0 Å². The maximum atomic E-state index is 12.6. The lowest BCUT2D eigenvalue weighted by Gasteiger charge is -2.22. The highest BCUT2D eigenvalue weighted by atomic mass is 16.5. The Morgan fingerprint density at radius 1 is 0.261 bits per heavy atom. The molecule has 0 saturated carbocycles. The van der Waals surface area contributed by atoms with Gasteiger partial charge in [-0.25, -0.2) is 0 Å². The fraction of sp³-hybridized carbons (Fsp3) is 0.977. The zero-order valence-corrected chi connectivity index (χ0v) is 63.3. The van der Waals surface area contributed by atoms with Crippen molar-refractivity contribution in [1.29, 1.82) is 0 Å². The summed E-state index contributed by atoms with van der Waals surface area (Å²) < 4.78 is 5.53. The molecular formula is C86H171NO5. The molecule has 2 unspecified atom stereocenters. The SMILES string of the molecule is CCCCCCCCCCCCCCCCCCCCC(=O)OCCCCCCCCCCCCCCCCCCCCCCCCCCCCCCCCCCCCCCCCCC(=O)NC(CO)C(O)CCCCCCCCCCCCCCCCCCCC. The minimum Gasteiger partial charge on any atom is -0.466 e. The summed E-state index contributed by atoms with van der Waals surface area (Å²) in [5.74, 6) is 0.00692. The van der Waals surface area contributed by atoms with Crippen molar-refractivity contribution in [3.63, 3.8) is 0 Å². The summed E-state index contributed by atoms with van der Waals surface area (Å²) in [5, 5.41) is 23.4. The smallest absolute Gasteiger partial charge is 0.305 e.